The maximum Gasteiger partial charge on any atom is 0.138 e. The molecule has 2 unspecified atom stereocenters. The lowest BCUT2D eigenvalue weighted by Gasteiger charge is -2.15. The molecule has 1 N–H and O–H groups in total. The van der Waals surface area contributed by atoms with Gasteiger partial charge in [-0.3, -0.25) is 0 Å². The Morgan fingerprint density at radius 1 is 1.47 bits per heavy atom. The highest BCUT2D eigenvalue weighted by Crippen LogP contribution is 2.21. The molecule has 1 aliphatic rings. The highest BCUT2D eigenvalue weighted by molar-refractivity contribution is 5.24. The summed E-state index contributed by atoms with van der Waals surface area (Å²) in [7, 11) is 0. The van der Waals surface area contributed by atoms with E-state index in [1.54, 1.807) is 0 Å². The fourth-order valence-electron chi connectivity index (χ4n) is 2.54. The SMILES string of the molecule is Cc1noc(C)c1C(C)NCCC1CCCO1. The van der Waals surface area contributed by atoms with Crippen molar-refractivity contribution in [3.63, 3.8) is 0 Å². The zero-order valence-electron chi connectivity index (χ0n) is 11.0. The van der Waals surface area contributed by atoms with Crippen molar-refractivity contribution in [1.29, 1.82) is 0 Å². The van der Waals surface area contributed by atoms with Gasteiger partial charge in [0.25, 0.3) is 0 Å². The second-order valence-corrected chi connectivity index (χ2v) is 4.84. The van der Waals surface area contributed by atoms with Crippen LogP contribution in [0.15, 0.2) is 4.52 Å². The summed E-state index contributed by atoms with van der Waals surface area (Å²) >= 11 is 0. The molecule has 1 aromatic heterocycles. The molecule has 0 bridgehead atoms. The van der Waals surface area contributed by atoms with Gasteiger partial charge in [-0.15, -0.1) is 0 Å². The monoisotopic (exact) mass is 238 g/mol. The van der Waals surface area contributed by atoms with Gasteiger partial charge in [-0.05, 0) is 46.6 Å². The molecule has 1 aromatic rings. The summed E-state index contributed by atoms with van der Waals surface area (Å²) in [5, 5.41) is 7.50. The predicted molar refractivity (Wildman–Crippen MR) is 66.0 cm³/mol. The van der Waals surface area contributed by atoms with Crippen LogP contribution in [0.4, 0.5) is 0 Å². The largest absolute Gasteiger partial charge is 0.378 e. The van der Waals surface area contributed by atoms with Crippen LogP contribution in [-0.4, -0.2) is 24.4 Å². The minimum atomic E-state index is 0.294. The molecule has 0 aromatic carbocycles. The molecule has 2 heterocycles. The standard InChI is InChI=1S/C13H22N2O2/c1-9(13-10(2)15-17-11(13)3)14-7-6-12-5-4-8-16-12/h9,12,14H,4-8H2,1-3H3. The summed E-state index contributed by atoms with van der Waals surface area (Å²) in [6.45, 7) is 8.03. The van der Waals surface area contributed by atoms with Crippen molar-refractivity contribution < 1.29 is 9.26 Å². The second-order valence-electron chi connectivity index (χ2n) is 4.84. The van der Waals surface area contributed by atoms with Crippen LogP contribution in [0.1, 0.15) is 49.2 Å². The van der Waals surface area contributed by atoms with Gasteiger partial charge < -0.3 is 14.6 Å². The van der Waals surface area contributed by atoms with Gasteiger partial charge >= 0.3 is 0 Å². The third-order valence-corrected chi connectivity index (χ3v) is 3.46. The Balaban J connectivity index is 1.78. The Morgan fingerprint density at radius 2 is 2.29 bits per heavy atom. The Labute approximate surface area is 103 Å². The zero-order valence-corrected chi connectivity index (χ0v) is 11.0. The molecule has 96 valence electrons. The fourth-order valence-corrected chi connectivity index (χ4v) is 2.54. The third kappa shape index (κ3) is 3.07. The molecule has 0 radical (unpaired) electrons. The molecule has 1 aliphatic heterocycles. The molecule has 0 amide bonds. The van der Waals surface area contributed by atoms with Gasteiger partial charge in [-0.2, -0.15) is 0 Å². The van der Waals surface area contributed by atoms with E-state index in [1.807, 2.05) is 13.8 Å². The Bertz CT molecular complexity index is 337. The molecule has 2 atom stereocenters. The van der Waals surface area contributed by atoms with Crippen molar-refractivity contribution in [2.24, 2.45) is 0 Å². The van der Waals surface area contributed by atoms with Crippen LogP contribution in [0.5, 0.6) is 0 Å². The van der Waals surface area contributed by atoms with Crippen LogP contribution in [0, 0.1) is 13.8 Å². The molecule has 0 spiro atoms. The van der Waals surface area contributed by atoms with E-state index in [0.717, 1.165) is 31.0 Å². The lowest BCUT2D eigenvalue weighted by atomic mass is 10.1. The van der Waals surface area contributed by atoms with Crippen LogP contribution >= 0.6 is 0 Å². The molecule has 1 saturated heterocycles. The van der Waals surface area contributed by atoms with E-state index in [9.17, 15) is 0 Å². The first-order valence-corrected chi connectivity index (χ1v) is 6.46. The fraction of sp³-hybridized carbons (Fsp3) is 0.769. The highest BCUT2D eigenvalue weighted by Gasteiger charge is 2.18. The zero-order chi connectivity index (χ0) is 12.3. The van der Waals surface area contributed by atoms with E-state index in [1.165, 1.54) is 18.4 Å². The van der Waals surface area contributed by atoms with Crippen LogP contribution < -0.4 is 5.32 Å². The first-order chi connectivity index (χ1) is 8.18. The van der Waals surface area contributed by atoms with Gasteiger partial charge in [-0.25, -0.2) is 0 Å². The number of aryl methyl sites for hydroxylation is 2. The first kappa shape index (κ1) is 12.6. The Kier molecular flexibility index (Phi) is 4.18. The van der Waals surface area contributed by atoms with Crippen molar-refractivity contribution in [2.45, 2.75) is 52.2 Å². The minimum absolute atomic E-state index is 0.294. The van der Waals surface area contributed by atoms with Gasteiger partial charge in [0, 0.05) is 18.2 Å². The molecule has 0 saturated carbocycles. The summed E-state index contributed by atoms with van der Waals surface area (Å²) in [5.41, 5.74) is 2.18. The summed E-state index contributed by atoms with van der Waals surface area (Å²) < 4.78 is 10.8. The van der Waals surface area contributed by atoms with E-state index >= 15 is 0 Å². The van der Waals surface area contributed by atoms with Crippen LogP contribution in [-0.2, 0) is 4.74 Å². The summed E-state index contributed by atoms with van der Waals surface area (Å²) in [5.74, 6) is 0.916. The molecule has 2 rings (SSSR count). The minimum Gasteiger partial charge on any atom is -0.378 e. The average Bonchev–Trinajstić information content (AvgIpc) is 2.89. The third-order valence-electron chi connectivity index (χ3n) is 3.46. The van der Waals surface area contributed by atoms with Gasteiger partial charge in [0.05, 0.1) is 11.8 Å². The number of ether oxygens (including phenoxy) is 1. The van der Waals surface area contributed by atoms with E-state index in [0.29, 0.717) is 12.1 Å². The molecule has 4 heteroatoms. The molecular formula is C13H22N2O2. The maximum atomic E-state index is 5.60. The maximum absolute atomic E-state index is 5.60. The summed E-state index contributed by atoms with van der Waals surface area (Å²) in [6, 6.07) is 0.294. The van der Waals surface area contributed by atoms with Crippen molar-refractivity contribution in [3.05, 3.63) is 17.0 Å². The smallest absolute Gasteiger partial charge is 0.138 e. The number of nitrogens with zero attached hydrogens (tertiary/aromatic N) is 1. The number of aromatic nitrogens is 1. The molecule has 0 aliphatic carbocycles. The quantitative estimate of drug-likeness (QED) is 0.856. The lowest BCUT2D eigenvalue weighted by molar-refractivity contribution is 0.103. The van der Waals surface area contributed by atoms with Crippen molar-refractivity contribution in [2.75, 3.05) is 13.2 Å². The van der Waals surface area contributed by atoms with Crippen molar-refractivity contribution in [1.82, 2.24) is 10.5 Å². The molecule has 4 nitrogen and oxygen atoms in total. The highest BCUT2D eigenvalue weighted by atomic mass is 16.5. The predicted octanol–water partition coefficient (Wildman–Crippen LogP) is 2.51. The van der Waals surface area contributed by atoms with Crippen molar-refractivity contribution >= 4 is 0 Å². The van der Waals surface area contributed by atoms with Crippen LogP contribution in [0.2, 0.25) is 0 Å². The average molecular weight is 238 g/mol. The van der Waals surface area contributed by atoms with Gasteiger partial charge in [0.2, 0.25) is 0 Å². The van der Waals surface area contributed by atoms with Crippen LogP contribution in [0.25, 0.3) is 0 Å². The first-order valence-electron chi connectivity index (χ1n) is 6.46. The number of hydrogen-bond donors (Lipinski definition) is 1. The number of hydrogen-bond acceptors (Lipinski definition) is 4. The van der Waals surface area contributed by atoms with E-state index in [4.69, 9.17) is 9.26 Å². The normalized spacial score (nSPS) is 21.9. The topological polar surface area (TPSA) is 47.3 Å². The Morgan fingerprint density at radius 3 is 2.88 bits per heavy atom. The van der Waals surface area contributed by atoms with E-state index in [-0.39, 0.29) is 0 Å². The number of rotatable bonds is 5. The lowest BCUT2D eigenvalue weighted by Crippen LogP contribution is -2.24. The molecule has 17 heavy (non-hydrogen) atoms. The summed E-state index contributed by atoms with van der Waals surface area (Å²) in [4.78, 5) is 0. The second kappa shape index (κ2) is 5.65. The van der Waals surface area contributed by atoms with Gasteiger partial charge in [0.15, 0.2) is 0 Å². The van der Waals surface area contributed by atoms with Gasteiger partial charge in [0.1, 0.15) is 5.76 Å². The Hall–Kier alpha value is -0.870. The van der Waals surface area contributed by atoms with E-state index < -0.39 is 0 Å². The van der Waals surface area contributed by atoms with E-state index in [2.05, 4.69) is 17.4 Å². The molecular weight excluding hydrogens is 216 g/mol. The van der Waals surface area contributed by atoms with Gasteiger partial charge in [-0.1, -0.05) is 5.16 Å². The van der Waals surface area contributed by atoms with Crippen molar-refractivity contribution in [3.8, 4) is 0 Å². The van der Waals surface area contributed by atoms with Crippen LogP contribution in [0.3, 0.4) is 0 Å². The molecule has 1 fully saturated rings. The number of nitrogens with one attached hydrogen (secondary N) is 1. The summed E-state index contributed by atoms with van der Waals surface area (Å²) in [6.07, 6.45) is 3.97.